The number of aliphatic hydroxyl groups is 1. The van der Waals surface area contributed by atoms with Crippen LogP contribution in [-0.2, 0) is 0 Å². The standard InChI is InChI=1S/C17H19ClN2O3/c18-14-5-2-1-4-13(14)15(21)12-19-7-9-20(10-8-19)17(22)16-6-3-11-23-16/h1-6,11,15,21H,7-10,12H2. The summed E-state index contributed by atoms with van der Waals surface area (Å²) in [7, 11) is 0. The van der Waals surface area contributed by atoms with Crippen molar-refractivity contribution in [2.24, 2.45) is 0 Å². The predicted octanol–water partition coefficient (Wildman–Crippen LogP) is 2.42. The summed E-state index contributed by atoms with van der Waals surface area (Å²) in [5.74, 6) is 0.288. The number of carbonyl (C=O) groups excluding carboxylic acids is 1. The van der Waals surface area contributed by atoms with Gasteiger partial charge in [0, 0.05) is 43.3 Å². The van der Waals surface area contributed by atoms with Crippen LogP contribution in [0.4, 0.5) is 0 Å². The summed E-state index contributed by atoms with van der Waals surface area (Å²) in [5.41, 5.74) is 0.739. The molecule has 122 valence electrons. The molecule has 2 aromatic rings. The van der Waals surface area contributed by atoms with Crippen molar-refractivity contribution in [3.05, 3.63) is 59.0 Å². The van der Waals surface area contributed by atoms with Crippen molar-refractivity contribution < 1.29 is 14.3 Å². The summed E-state index contributed by atoms with van der Waals surface area (Å²) in [6.07, 6.45) is 0.875. The van der Waals surface area contributed by atoms with Crippen molar-refractivity contribution >= 4 is 17.5 Å². The molecule has 0 radical (unpaired) electrons. The summed E-state index contributed by atoms with van der Waals surface area (Å²) >= 11 is 6.12. The van der Waals surface area contributed by atoms with E-state index in [2.05, 4.69) is 4.90 Å². The number of nitrogens with zero attached hydrogens (tertiary/aromatic N) is 2. The Kier molecular flexibility index (Phi) is 5.00. The van der Waals surface area contributed by atoms with Crippen LogP contribution in [0.15, 0.2) is 47.1 Å². The van der Waals surface area contributed by atoms with Crippen molar-refractivity contribution in [3.63, 3.8) is 0 Å². The van der Waals surface area contributed by atoms with Crippen molar-refractivity contribution in [2.45, 2.75) is 6.10 Å². The van der Waals surface area contributed by atoms with Crippen LogP contribution in [0.1, 0.15) is 22.2 Å². The summed E-state index contributed by atoms with van der Waals surface area (Å²) < 4.78 is 5.15. The van der Waals surface area contributed by atoms with E-state index in [1.54, 1.807) is 23.1 Å². The molecule has 2 heterocycles. The highest BCUT2D eigenvalue weighted by Crippen LogP contribution is 2.23. The third-order valence-corrected chi connectivity index (χ3v) is 4.43. The van der Waals surface area contributed by atoms with Gasteiger partial charge >= 0.3 is 0 Å². The number of hydrogen-bond donors (Lipinski definition) is 1. The van der Waals surface area contributed by atoms with Gasteiger partial charge in [0.1, 0.15) is 0 Å². The molecule has 1 fully saturated rings. The van der Waals surface area contributed by atoms with E-state index >= 15 is 0 Å². The molecule has 1 atom stereocenters. The van der Waals surface area contributed by atoms with Gasteiger partial charge in [-0.1, -0.05) is 29.8 Å². The van der Waals surface area contributed by atoms with E-state index in [0.717, 1.165) is 5.56 Å². The normalized spacial score (nSPS) is 17.2. The maximum Gasteiger partial charge on any atom is 0.289 e. The number of halogens is 1. The average Bonchev–Trinajstić information content (AvgIpc) is 3.09. The third kappa shape index (κ3) is 3.75. The Morgan fingerprint density at radius 2 is 1.91 bits per heavy atom. The Hall–Kier alpha value is -1.82. The molecule has 0 aliphatic carbocycles. The molecule has 0 bridgehead atoms. The molecule has 0 saturated carbocycles. The number of β-amino-alcohol motifs (C(OH)–C–C–N with tert-alkyl or cyclic N) is 1. The van der Waals surface area contributed by atoms with E-state index in [4.69, 9.17) is 16.0 Å². The van der Waals surface area contributed by atoms with Gasteiger partial charge in [-0.15, -0.1) is 0 Å². The van der Waals surface area contributed by atoms with Crippen molar-refractivity contribution in [1.82, 2.24) is 9.80 Å². The van der Waals surface area contributed by atoms with Crippen LogP contribution < -0.4 is 0 Å². The fourth-order valence-corrected chi connectivity index (χ4v) is 3.04. The minimum absolute atomic E-state index is 0.0821. The van der Waals surface area contributed by atoms with Gasteiger partial charge in [-0.2, -0.15) is 0 Å². The molecule has 0 spiro atoms. The molecule has 6 heteroatoms. The molecule has 1 aromatic carbocycles. The Bertz CT molecular complexity index is 652. The Morgan fingerprint density at radius 3 is 2.57 bits per heavy atom. The maximum atomic E-state index is 12.2. The fraction of sp³-hybridized carbons (Fsp3) is 0.353. The molecule has 5 nitrogen and oxygen atoms in total. The molecule has 1 saturated heterocycles. The van der Waals surface area contributed by atoms with Gasteiger partial charge in [0.15, 0.2) is 5.76 Å². The minimum atomic E-state index is -0.629. The fourth-order valence-electron chi connectivity index (χ4n) is 2.78. The predicted molar refractivity (Wildman–Crippen MR) is 87.5 cm³/mol. The van der Waals surface area contributed by atoms with E-state index in [1.165, 1.54) is 6.26 Å². The topological polar surface area (TPSA) is 56.9 Å². The van der Waals surface area contributed by atoms with E-state index in [9.17, 15) is 9.90 Å². The quantitative estimate of drug-likeness (QED) is 0.933. The highest BCUT2D eigenvalue weighted by molar-refractivity contribution is 6.31. The van der Waals surface area contributed by atoms with Crippen LogP contribution in [0.3, 0.4) is 0 Å². The lowest BCUT2D eigenvalue weighted by atomic mass is 10.1. The van der Waals surface area contributed by atoms with E-state index in [0.29, 0.717) is 43.5 Å². The molecule has 1 amide bonds. The van der Waals surface area contributed by atoms with E-state index in [1.807, 2.05) is 18.2 Å². The number of hydrogen-bond acceptors (Lipinski definition) is 4. The number of aliphatic hydroxyl groups excluding tert-OH is 1. The molecule has 23 heavy (non-hydrogen) atoms. The molecule has 1 N–H and O–H groups in total. The maximum absolute atomic E-state index is 12.2. The highest BCUT2D eigenvalue weighted by Gasteiger charge is 2.25. The number of rotatable bonds is 4. The number of benzene rings is 1. The van der Waals surface area contributed by atoms with Gasteiger partial charge in [-0.05, 0) is 18.2 Å². The zero-order chi connectivity index (χ0) is 16.2. The van der Waals surface area contributed by atoms with Crippen LogP contribution >= 0.6 is 11.6 Å². The molecular formula is C17H19ClN2O3. The van der Waals surface area contributed by atoms with Crippen molar-refractivity contribution in [3.8, 4) is 0 Å². The second kappa shape index (κ2) is 7.17. The second-order valence-corrected chi connectivity index (χ2v) is 6.01. The minimum Gasteiger partial charge on any atom is -0.459 e. The first kappa shape index (κ1) is 16.1. The number of carbonyl (C=O) groups is 1. The zero-order valence-corrected chi connectivity index (χ0v) is 13.4. The lowest BCUT2D eigenvalue weighted by Crippen LogP contribution is -2.49. The summed E-state index contributed by atoms with van der Waals surface area (Å²) in [5, 5.41) is 10.9. The largest absolute Gasteiger partial charge is 0.459 e. The van der Waals surface area contributed by atoms with Gasteiger partial charge in [-0.3, -0.25) is 9.69 Å². The Balaban J connectivity index is 1.53. The Morgan fingerprint density at radius 1 is 1.17 bits per heavy atom. The van der Waals surface area contributed by atoms with Crippen LogP contribution in [0.25, 0.3) is 0 Å². The third-order valence-electron chi connectivity index (χ3n) is 4.09. The lowest BCUT2D eigenvalue weighted by Gasteiger charge is -2.35. The van der Waals surface area contributed by atoms with Gasteiger partial charge in [-0.25, -0.2) is 0 Å². The smallest absolute Gasteiger partial charge is 0.289 e. The first-order chi connectivity index (χ1) is 11.1. The van der Waals surface area contributed by atoms with Crippen LogP contribution in [0.2, 0.25) is 5.02 Å². The van der Waals surface area contributed by atoms with E-state index in [-0.39, 0.29) is 5.91 Å². The molecule has 1 aromatic heterocycles. The van der Waals surface area contributed by atoms with Crippen LogP contribution in [0, 0.1) is 0 Å². The van der Waals surface area contributed by atoms with Crippen molar-refractivity contribution in [1.29, 1.82) is 0 Å². The number of furan rings is 1. The first-order valence-corrected chi connectivity index (χ1v) is 8.00. The van der Waals surface area contributed by atoms with Gasteiger partial charge < -0.3 is 14.4 Å². The van der Waals surface area contributed by atoms with Gasteiger partial charge in [0.05, 0.1) is 12.4 Å². The summed E-state index contributed by atoms with van der Waals surface area (Å²) in [6, 6.07) is 10.7. The lowest BCUT2D eigenvalue weighted by molar-refractivity contribution is 0.0503. The molecule has 1 unspecified atom stereocenters. The SMILES string of the molecule is O=C(c1ccco1)N1CCN(CC(O)c2ccccc2Cl)CC1. The van der Waals surface area contributed by atoms with Gasteiger partial charge in [0.25, 0.3) is 5.91 Å². The molecule has 1 aliphatic heterocycles. The zero-order valence-electron chi connectivity index (χ0n) is 12.7. The monoisotopic (exact) mass is 334 g/mol. The van der Waals surface area contributed by atoms with E-state index < -0.39 is 6.10 Å². The molecular weight excluding hydrogens is 316 g/mol. The highest BCUT2D eigenvalue weighted by atomic mass is 35.5. The number of piperazine rings is 1. The van der Waals surface area contributed by atoms with Crippen LogP contribution in [0.5, 0.6) is 0 Å². The summed E-state index contributed by atoms with van der Waals surface area (Å²) in [6.45, 7) is 3.18. The van der Waals surface area contributed by atoms with Crippen molar-refractivity contribution in [2.75, 3.05) is 32.7 Å². The average molecular weight is 335 g/mol. The first-order valence-electron chi connectivity index (χ1n) is 7.63. The second-order valence-electron chi connectivity index (χ2n) is 5.61. The number of amides is 1. The molecule has 1 aliphatic rings. The molecule has 3 rings (SSSR count). The van der Waals surface area contributed by atoms with Crippen LogP contribution in [-0.4, -0.2) is 53.5 Å². The summed E-state index contributed by atoms with van der Waals surface area (Å²) in [4.78, 5) is 16.1. The van der Waals surface area contributed by atoms with Gasteiger partial charge in [0.2, 0.25) is 0 Å². The Labute approximate surface area is 140 Å².